The molecule has 0 saturated carbocycles. The van der Waals surface area contributed by atoms with Gasteiger partial charge >= 0.3 is 0 Å². The highest BCUT2D eigenvalue weighted by Crippen LogP contribution is 2.19. The van der Waals surface area contributed by atoms with E-state index in [0.29, 0.717) is 5.96 Å². The molecule has 1 aromatic rings. The van der Waals surface area contributed by atoms with Crippen LogP contribution in [0.4, 0.5) is 5.13 Å². The number of thiazole rings is 1. The predicted octanol–water partition coefficient (Wildman–Crippen LogP) is 0.785. The lowest BCUT2D eigenvalue weighted by molar-refractivity contribution is -0.123. The van der Waals surface area contributed by atoms with Crippen molar-refractivity contribution in [3.8, 4) is 0 Å². The second kappa shape index (κ2) is 11.0. The zero-order chi connectivity index (χ0) is 18.4. The molecule has 27 heavy (non-hydrogen) atoms. The topological polar surface area (TPSA) is 104 Å². The van der Waals surface area contributed by atoms with Crippen molar-refractivity contribution < 1.29 is 4.79 Å². The Morgan fingerprint density at radius 2 is 2.04 bits per heavy atom. The Bertz CT molecular complexity index is 604. The van der Waals surface area contributed by atoms with E-state index in [-0.39, 0.29) is 35.8 Å². The Morgan fingerprint density at radius 1 is 1.26 bits per heavy atom. The SMILES string of the molecule is I.NC(=O)C1CCCN(CCCN=C(N)N2CCN(c3nccs3)CC2)C1. The molecule has 2 saturated heterocycles. The van der Waals surface area contributed by atoms with Gasteiger partial charge in [-0.1, -0.05) is 0 Å². The largest absolute Gasteiger partial charge is 0.370 e. The number of guanidine groups is 1. The monoisotopic (exact) mass is 507 g/mol. The summed E-state index contributed by atoms with van der Waals surface area (Å²) in [6.45, 7) is 7.09. The van der Waals surface area contributed by atoms with Gasteiger partial charge in [0.15, 0.2) is 11.1 Å². The van der Waals surface area contributed by atoms with Crippen LogP contribution in [-0.4, -0.2) is 79.0 Å². The second-order valence-electron chi connectivity index (χ2n) is 6.92. The number of nitrogens with zero attached hydrogens (tertiary/aromatic N) is 5. The van der Waals surface area contributed by atoms with Gasteiger partial charge in [0, 0.05) is 50.8 Å². The molecule has 0 spiro atoms. The first kappa shape index (κ1) is 22.2. The number of halogens is 1. The number of hydrogen-bond acceptors (Lipinski definition) is 6. The van der Waals surface area contributed by atoms with Gasteiger partial charge in [-0.25, -0.2) is 4.98 Å². The van der Waals surface area contributed by atoms with Gasteiger partial charge < -0.3 is 26.2 Å². The third kappa shape index (κ3) is 6.46. The summed E-state index contributed by atoms with van der Waals surface area (Å²) in [5.74, 6) is 0.470. The van der Waals surface area contributed by atoms with E-state index in [1.54, 1.807) is 11.3 Å². The van der Waals surface area contributed by atoms with E-state index in [4.69, 9.17) is 11.5 Å². The summed E-state index contributed by atoms with van der Waals surface area (Å²) < 4.78 is 0. The van der Waals surface area contributed by atoms with Gasteiger partial charge in [-0.05, 0) is 32.4 Å². The number of nitrogens with two attached hydrogens (primary N) is 2. The third-order valence-corrected chi connectivity index (χ3v) is 5.94. The Balaban J connectivity index is 0.00000261. The van der Waals surface area contributed by atoms with Crippen LogP contribution in [0.5, 0.6) is 0 Å². The number of anilines is 1. The lowest BCUT2D eigenvalue weighted by Gasteiger charge is -2.35. The first-order chi connectivity index (χ1) is 12.6. The van der Waals surface area contributed by atoms with Crippen LogP contribution in [0.1, 0.15) is 19.3 Å². The lowest BCUT2D eigenvalue weighted by Crippen LogP contribution is -2.51. The molecule has 4 N–H and O–H groups in total. The van der Waals surface area contributed by atoms with E-state index in [9.17, 15) is 4.79 Å². The number of likely N-dealkylation sites (tertiary alicyclic amines) is 1. The van der Waals surface area contributed by atoms with Gasteiger partial charge in [0.2, 0.25) is 5.91 Å². The molecule has 1 unspecified atom stereocenters. The molecule has 8 nitrogen and oxygen atoms in total. The molecular weight excluding hydrogens is 477 g/mol. The molecule has 0 aliphatic carbocycles. The van der Waals surface area contributed by atoms with Crippen LogP contribution in [0.25, 0.3) is 0 Å². The zero-order valence-corrected chi connectivity index (χ0v) is 18.8. The van der Waals surface area contributed by atoms with Crippen molar-refractivity contribution >= 4 is 52.3 Å². The minimum Gasteiger partial charge on any atom is -0.370 e. The van der Waals surface area contributed by atoms with Gasteiger partial charge in [-0.2, -0.15) is 0 Å². The quantitative estimate of drug-likeness (QED) is 0.255. The number of hydrogen-bond donors (Lipinski definition) is 2. The molecule has 2 fully saturated rings. The van der Waals surface area contributed by atoms with Crippen LogP contribution < -0.4 is 16.4 Å². The summed E-state index contributed by atoms with van der Waals surface area (Å²) >= 11 is 1.67. The Morgan fingerprint density at radius 3 is 2.70 bits per heavy atom. The fourth-order valence-corrected chi connectivity index (χ4v) is 4.27. The standard InChI is InChI=1S/C17H29N7OS.HI/c18-15(25)14-3-1-6-22(13-14)7-2-4-20-16(19)23-8-10-24(11-9-23)17-21-5-12-26-17;/h5,12,14H,1-4,6-11,13H2,(H2,18,25)(H2,19,20);1H. The Labute approximate surface area is 182 Å². The maximum absolute atomic E-state index is 11.3. The fourth-order valence-electron chi connectivity index (χ4n) is 3.58. The smallest absolute Gasteiger partial charge is 0.221 e. The van der Waals surface area contributed by atoms with Crippen LogP contribution in [0.15, 0.2) is 16.6 Å². The van der Waals surface area contributed by atoms with Gasteiger partial charge in [-0.15, -0.1) is 35.3 Å². The number of aromatic nitrogens is 1. The number of piperidine rings is 1. The number of primary amides is 1. The molecule has 2 aliphatic heterocycles. The molecule has 3 rings (SSSR count). The fraction of sp³-hybridized carbons (Fsp3) is 0.706. The predicted molar refractivity (Wildman–Crippen MR) is 121 cm³/mol. The molecule has 10 heteroatoms. The van der Waals surface area contributed by atoms with E-state index in [2.05, 4.69) is 24.7 Å². The third-order valence-electron chi connectivity index (χ3n) is 5.11. The number of carbonyl (C=O) groups excluding carboxylic acids is 1. The summed E-state index contributed by atoms with van der Waals surface area (Å²) in [6.07, 6.45) is 4.76. The second-order valence-corrected chi connectivity index (χ2v) is 7.80. The average molecular weight is 507 g/mol. The van der Waals surface area contributed by atoms with Gasteiger partial charge in [0.1, 0.15) is 0 Å². The number of amides is 1. The highest BCUT2D eigenvalue weighted by molar-refractivity contribution is 14.0. The first-order valence-corrected chi connectivity index (χ1v) is 10.2. The van der Waals surface area contributed by atoms with E-state index >= 15 is 0 Å². The van der Waals surface area contributed by atoms with Crippen molar-refractivity contribution in [2.45, 2.75) is 19.3 Å². The summed E-state index contributed by atoms with van der Waals surface area (Å²) in [7, 11) is 0. The molecule has 0 bridgehead atoms. The Hall–Kier alpha value is -1.14. The van der Waals surface area contributed by atoms with Gasteiger partial charge in [0.25, 0.3) is 0 Å². The molecule has 0 radical (unpaired) electrons. The van der Waals surface area contributed by atoms with Gasteiger partial charge in [-0.3, -0.25) is 9.79 Å². The number of piperazine rings is 1. The van der Waals surface area contributed by atoms with Crippen LogP contribution in [0.2, 0.25) is 0 Å². The number of aliphatic imine (C=N–C) groups is 1. The summed E-state index contributed by atoms with van der Waals surface area (Å²) in [4.78, 5) is 27.0. The highest BCUT2D eigenvalue weighted by atomic mass is 127. The molecule has 1 atom stereocenters. The molecular formula is C17H30IN7OS. The van der Waals surface area contributed by atoms with Crippen molar-refractivity contribution in [1.82, 2.24) is 14.8 Å². The minimum atomic E-state index is -0.172. The lowest BCUT2D eigenvalue weighted by atomic mass is 9.97. The van der Waals surface area contributed by atoms with Crippen LogP contribution in [0, 0.1) is 5.92 Å². The molecule has 1 aromatic heterocycles. The molecule has 3 heterocycles. The van der Waals surface area contributed by atoms with Crippen molar-refractivity contribution in [3.63, 3.8) is 0 Å². The normalized spacial score (nSPS) is 21.8. The molecule has 1 amide bonds. The first-order valence-electron chi connectivity index (χ1n) is 9.34. The molecule has 2 aliphatic rings. The number of carbonyl (C=O) groups is 1. The average Bonchev–Trinajstić information content (AvgIpc) is 3.20. The Kier molecular flexibility index (Phi) is 9.03. The van der Waals surface area contributed by atoms with Crippen molar-refractivity contribution in [3.05, 3.63) is 11.6 Å². The maximum Gasteiger partial charge on any atom is 0.221 e. The van der Waals surface area contributed by atoms with Crippen LogP contribution >= 0.6 is 35.3 Å². The van der Waals surface area contributed by atoms with Crippen molar-refractivity contribution in [2.75, 3.05) is 57.3 Å². The minimum absolute atomic E-state index is 0. The molecule has 152 valence electrons. The zero-order valence-electron chi connectivity index (χ0n) is 15.6. The van der Waals surface area contributed by atoms with Crippen LogP contribution in [-0.2, 0) is 4.79 Å². The van der Waals surface area contributed by atoms with E-state index < -0.39 is 0 Å². The van der Waals surface area contributed by atoms with Gasteiger partial charge in [0.05, 0.1) is 5.92 Å². The summed E-state index contributed by atoms with van der Waals surface area (Å²) in [5.41, 5.74) is 11.6. The maximum atomic E-state index is 11.3. The van der Waals surface area contributed by atoms with Crippen LogP contribution in [0.3, 0.4) is 0 Å². The summed E-state index contributed by atoms with van der Waals surface area (Å²) in [5, 5.41) is 3.09. The van der Waals surface area contributed by atoms with E-state index in [1.165, 1.54) is 0 Å². The van der Waals surface area contributed by atoms with E-state index in [1.807, 2.05) is 11.6 Å². The molecule has 0 aromatic carbocycles. The van der Waals surface area contributed by atoms with E-state index in [0.717, 1.165) is 76.8 Å². The summed E-state index contributed by atoms with van der Waals surface area (Å²) in [6, 6.07) is 0. The van der Waals surface area contributed by atoms with Crippen molar-refractivity contribution in [1.29, 1.82) is 0 Å². The number of rotatable bonds is 6. The highest BCUT2D eigenvalue weighted by Gasteiger charge is 2.23. The van der Waals surface area contributed by atoms with Crippen molar-refractivity contribution in [2.24, 2.45) is 22.4 Å².